The van der Waals surface area contributed by atoms with E-state index in [1.54, 1.807) is 0 Å². The highest BCUT2D eigenvalue weighted by molar-refractivity contribution is 5.96. The molecule has 0 radical (unpaired) electrons. The van der Waals surface area contributed by atoms with Crippen LogP contribution in [0.2, 0.25) is 0 Å². The van der Waals surface area contributed by atoms with E-state index in [4.69, 9.17) is 0 Å². The molecule has 0 spiro atoms. The molecule has 4 nitrogen and oxygen atoms in total. The molecule has 1 aliphatic carbocycles. The van der Waals surface area contributed by atoms with E-state index in [9.17, 15) is 4.79 Å². The number of nitrogens with one attached hydrogen (secondary N) is 1. The van der Waals surface area contributed by atoms with Gasteiger partial charge in [-0.05, 0) is 30.9 Å². The Morgan fingerprint density at radius 1 is 1.47 bits per heavy atom. The summed E-state index contributed by atoms with van der Waals surface area (Å²) in [6.07, 6.45) is 7.08. The number of hydrogen-bond donors (Lipinski definition) is 1. The van der Waals surface area contributed by atoms with E-state index >= 15 is 0 Å². The zero-order valence-electron chi connectivity index (χ0n) is 11.4. The molecule has 0 aromatic carbocycles. The molecular weight excluding hydrogens is 238 g/mol. The van der Waals surface area contributed by atoms with Crippen LogP contribution >= 0.6 is 0 Å². The Hall–Kier alpha value is -1.84. The maximum atomic E-state index is 12.0. The molecule has 0 bridgehead atoms. The molecule has 3 rings (SSSR count). The molecule has 4 heteroatoms. The third kappa shape index (κ3) is 2.11. The highest BCUT2D eigenvalue weighted by Crippen LogP contribution is 2.28. The van der Waals surface area contributed by atoms with Crippen molar-refractivity contribution >= 4 is 17.2 Å². The first-order valence-corrected chi connectivity index (χ1v) is 6.93. The van der Waals surface area contributed by atoms with Gasteiger partial charge in [0.1, 0.15) is 0 Å². The third-order valence-electron chi connectivity index (χ3n) is 3.89. The Morgan fingerprint density at radius 2 is 2.26 bits per heavy atom. The summed E-state index contributed by atoms with van der Waals surface area (Å²) in [6.45, 7) is 4.28. The predicted octanol–water partition coefficient (Wildman–Crippen LogP) is 3.20. The van der Waals surface area contributed by atoms with Gasteiger partial charge in [0, 0.05) is 24.0 Å². The molecule has 0 saturated heterocycles. The number of amides is 1. The van der Waals surface area contributed by atoms with Gasteiger partial charge in [0.25, 0.3) is 0 Å². The summed E-state index contributed by atoms with van der Waals surface area (Å²) < 4.78 is 2.06. The van der Waals surface area contributed by atoms with Crippen molar-refractivity contribution in [2.75, 3.05) is 5.32 Å². The molecule has 1 amide bonds. The zero-order chi connectivity index (χ0) is 13.4. The lowest BCUT2D eigenvalue weighted by molar-refractivity contribution is -0.122. The molecule has 0 atom stereocenters. The molecule has 1 fully saturated rings. The van der Waals surface area contributed by atoms with E-state index in [-0.39, 0.29) is 11.8 Å². The number of imidazole rings is 1. The summed E-state index contributed by atoms with van der Waals surface area (Å²) in [4.78, 5) is 16.5. The van der Waals surface area contributed by atoms with Gasteiger partial charge >= 0.3 is 0 Å². The van der Waals surface area contributed by atoms with Gasteiger partial charge in [-0.3, -0.25) is 4.79 Å². The SMILES string of the molecule is CC(C)c1cnc2c(NC(=O)C3CCC3)cccn12. The largest absolute Gasteiger partial charge is 0.323 e. The van der Waals surface area contributed by atoms with Crippen LogP contribution in [0.5, 0.6) is 0 Å². The summed E-state index contributed by atoms with van der Waals surface area (Å²) >= 11 is 0. The molecule has 2 aromatic rings. The van der Waals surface area contributed by atoms with Crippen LogP contribution in [0, 0.1) is 5.92 Å². The van der Waals surface area contributed by atoms with Crippen molar-refractivity contribution in [3.05, 3.63) is 30.2 Å². The minimum Gasteiger partial charge on any atom is -0.323 e. The molecule has 2 aromatic heterocycles. The van der Waals surface area contributed by atoms with Crippen LogP contribution in [0.4, 0.5) is 5.69 Å². The molecule has 2 heterocycles. The first-order chi connectivity index (χ1) is 9.16. The number of rotatable bonds is 3. The smallest absolute Gasteiger partial charge is 0.227 e. The molecule has 0 aliphatic heterocycles. The van der Waals surface area contributed by atoms with Crippen molar-refractivity contribution in [2.45, 2.75) is 39.0 Å². The lowest BCUT2D eigenvalue weighted by Gasteiger charge is -2.24. The number of carbonyl (C=O) groups excluding carboxylic acids is 1. The van der Waals surface area contributed by atoms with Crippen LogP contribution < -0.4 is 5.32 Å². The van der Waals surface area contributed by atoms with Crippen LogP contribution in [-0.2, 0) is 4.79 Å². The van der Waals surface area contributed by atoms with E-state index in [1.807, 2.05) is 24.5 Å². The number of anilines is 1. The fourth-order valence-electron chi connectivity index (χ4n) is 2.46. The molecular formula is C15H19N3O. The molecule has 1 saturated carbocycles. The molecule has 1 aliphatic rings. The fourth-order valence-corrected chi connectivity index (χ4v) is 2.46. The van der Waals surface area contributed by atoms with Crippen molar-refractivity contribution in [1.82, 2.24) is 9.38 Å². The second-order valence-electron chi connectivity index (χ2n) is 5.57. The molecule has 0 unspecified atom stereocenters. The van der Waals surface area contributed by atoms with Crippen molar-refractivity contribution in [2.24, 2.45) is 5.92 Å². The number of carbonyl (C=O) groups is 1. The molecule has 19 heavy (non-hydrogen) atoms. The van der Waals surface area contributed by atoms with Gasteiger partial charge in [-0.2, -0.15) is 0 Å². The van der Waals surface area contributed by atoms with Gasteiger partial charge in [0.15, 0.2) is 5.65 Å². The van der Waals surface area contributed by atoms with Crippen LogP contribution in [0.1, 0.15) is 44.7 Å². The standard InChI is InChI=1S/C15H19N3O/c1-10(2)13-9-16-14-12(7-4-8-18(13)14)17-15(19)11-5-3-6-11/h4,7-11H,3,5-6H2,1-2H3,(H,17,19). The lowest BCUT2D eigenvalue weighted by atomic mass is 9.85. The van der Waals surface area contributed by atoms with Crippen molar-refractivity contribution in [1.29, 1.82) is 0 Å². The summed E-state index contributed by atoms with van der Waals surface area (Å²) in [7, 11) is 0. The number of pyridine rings is 1. The van der Waals surface area contributed by atoms with E-state index in [2.05, 4.69) is 28.5 Å². The van der Waals surface area contributed by atoms with Gasteiger partial charge < -0.3 is 9.72 Å². The number of hydrogen-bond acceptors (Lipinski definition) is 2. The predicted molar refractivity (Wildman–Crippen MR) is 75.3 cm³/mol. The van der Waals surface area contributed by atoms with Crippen LogP contribution in [0.25, 0.3) is 5.65 Å². The average Bonchev–Trinajstić information content (AvgIpc) is 2.71. The second-order valence-corrected chi connectivity index (χ2v) is 5.57. The van der Waals surface area contributed by atoms with Gasteiger partial charge in [-0.15, -0.1) is 0 Å². The Labute approximate surface area is 112 Å². The topological polar surface area (TPSA) is 46.4 Å². The second kappa shape index (κ2) is 4.68. The van der Waals surface area contributed by atoms with E-state index < -0.39 is 0 Å². The van der Waals surface area contributed by atoms with Crippen LogP contribution in [-0.4, -0.2) is 15.3 Å². The van der Waals surface area contributed by atoms with Crippen molar-refractivity contribution in [3.63, 3.8) is 0 Å². The van der Waals surface area contributed by atoms with Crippen LogP contribution in [0.3, 0.4) is 0 Å². The summed E-state index contributed by atoms with van der Waals surface area (Å²) in [6, 6.07) is 3.87. The van der Waals surface area contributed by atoms with Gasteiger partial charge in [0.2, 0.25) is 5.91 Å². The van der Waals surface area contributed by atoms with E-state index in [0.717, 1.165) is 29.9 Å². The normalized spacial score (nSPS) is 15.7. The average molecular weight is 257 g/mol. The first-order valence-electron chi connectivity index (χ1n) is 6.93. The maximum Gasteiger partial charge on any atom is 0.227 e. The Balaban J connectivity index is 1.93. The van der Waals surface area contributed by atoms with Gasteiger partial charge in [0.05, 0.1) is 5.69 Å². The monoisotopic (exact) mass is 257 g/mol. The minimum absolute atomic E-state index is 0.133. The van der Waals surface area contributed by atoms with Gasteiger partial charge in [-0.1, -0.05) is 20.3 Å². The fraction of sp³-hybridized carbons (Fsp3) is 0.467. The highest BCUT2D eigenvalue weighted by atomic mass is 16.1. The molecule has 1 N–H and O–H groups in total. The maximum absolute atomic E-state index is 12.0. The number of fused-ring (bicyclic) bond motifs is 1. The zero-order valence-corrected chi connectivity index (χ0v) is 11.4. The highest BCUT2D eigenvalue weighted by Gasteiger charge is 2.25. The van der Waals surface area contributed by atoms with Gasteiger partial charge in [-0.25, -0.2) is 4.98 Å². The van der Waals surface area contributed by atoms with Crippen LogP contribution in [0.15, 0.2) is 24.5 Å². The third-order valence-corrected chi connectivity index (χ3v) is 3.89. The van der Waals surface area contributed by atoms with Crippen molar-refractivity contribution < 1.29 is 4.79 Å². The summed E-state index contributed by atoms with van der Waals surface area (Å²) in [5, 5.41) is 3.02. The van der Waals surface area contributed by atoms with E-state index in [0.29, 0.717) is 5.92 Å². The quantitative estimate of drug-likeness (QED) is 0.917. The summed E-state index contributed by atoms with van der Waals surface area (Å²) in [5.74, 6) is 0.737. The Morgan fingerprint density at radius 3 is 2.89 bits per heavy atom. The number of aromatic nitrogens is 2. The Kier molecular flexibility index (Phi) is 3.01. The van der Waals surface area contributed by atoms with Crippen molar-refractivity contribution in [3.8, 4) is 0 Å². The summed E-state index contributed by atoms with van der Waals surface area (Å²) in [5.41, 5.74) is 2.81. The molecule has 100 valence electrons. The number of nitrogens with zero attached hydrogens (tertiary/aromatic N) is 2. The minimum atomic E-state index is 0.133. The first kappa shape index (κ1) is 12.2. The lowest BCUT2D eigenvalue weighted by Crippen LogP contribution is -2.28. The Bertz CT molecular complexity index is 611. The van der Waals surface area contributed by atoms with E-state index in [1.165, 1.54) is 6.42 Å².